The van der Waals surface area contributed by atoms with Crippen molar-refractivity contribution in [3.05, 3.63) is 0 Å². The molecule has 6 nitrogen and oxygen atoms in total. The van der Waals surface area contributed by atoms with Crippen LogP contribution in [0.5, 0.6) is 0 Å². The van der Waals surface area contributed by atoms with E-state index < -0.39 is 29.9 Å². The summed E-state index contributed by atoms with van der Waals surface area (Å²) in [4.78, 5) is 11.9. The van der Waals surface area contributed by atoms with Gasteiger partial charge in [-0.15, -0.1) is 0 Å². The van der Waals surface area contributed by atoms with Gasteiger partial charge in [-0.2, -0.15) is 0 Å². The maximum atomic E-state index is 12.3. The second kappa shape index (κ2) is 7.98. The first kappa shape index (κ1) is 27.5. The van der Waals surface area contributed by atoms with E-state index in [1.165, 1.54) is 19.8 Å². The first-order valence-corrected chi connectivity index (χ1v) is 15.4. The third-order valence-corrected chi connectivity index (χ3v) is 14.1. The van der Waals surface area contributed by atoms with Crippen LogP contribution in [0.3, 0.4) is 0 Å². The van der Waals surface area contributed by atoms with Gasteiger partial charge in [0.05, 0.1) is 30.0 Å². The first-order chi connectivity index (χ1) is 17.5. The molecule has 1 saturated heterocycles. The largest absolute Gasteiger partial charge is 0.457 e. The molecule has 2 unspecified atom stereocenters. The molecule has 6 rings (SSSR count). The van der Waals surface area contributed by atoms with Crippen LogP contribution in [-0.2, 0) is 14.3 Å². The van der Waals surface area contributed by atoms with E-state index >= 15 is 0 Å². The van der Waals surface area contributed by atoms with Gasteiger partial charge in [-0.3, -0.25) is 4.79 Å². The summed E-state index contributed by atoms with van der Waals surface area (Å²) in [6, 6.07) is 0. The minimum absolute atomic E-state index is 0.0383. The molecular weight excluding hydrogens is 480 g/mol. The lowest BCUT2D eigenvalue weighted by atomic mass is 9.41. The lowest BCUT2D eigenvalue weighted by molar-refractivity contribution is -0.216. The van der Waals surface area contributed by atoms with E-state index in [2.05, 4.69) is 34.6 Å². The molecule has 0 bridgehead atoms. The van der Waals surface area contributed by atoms with Crippen LogP contribution in [-0.4, -0.2) is 57.4 Å². The molecule has 1 aliphatic heterocycles. The number of carbonyl (C=O) groups is 1. The molecule has 3 N–H and O–H groups in total. The number of fused-ring (bicyclic) bond motifs is 4. The molecule has 1 heterocycles. The summed E-state index contributed by atoms with van der Waals surface area (Å²) in [6.45, 7) is 16.4. The van der Waals surface area contributed by atoms with Crippen molar-refractivity contribution in [2.75, 3.05) is 0 Å². The summed E-state index contributed by atoms with van der Waals surface area (Å²) in [5, 5.41) is 34.2. The molecule has 0 radical (unpaired) electrons. The smallest absolute Gasteiger partial charge is 0.303 e. The fraction of sp³-hybridized carbons (Fsp3) is 0.969. The summed E-state index contributed by atoms with van der Waals surface area (Å²) in [5.74, 6) is 1.09. The minimum Gasteiger partial charge on any atom is -0.457 e. The maximum Gasteiger partial charge on any atom is 0.303 e. The molecule has 0 aromatic heterocycles. The Hall–Kier alpha value is -0.690. The van der Waals surface area contributed by atoms with Gasteiger partial charge < -0.3 is 24.8 Å². The zero-order valence-corrected chi connectivity index (χ0v) is 24.9. The molecule has 5 aliphatic carbocycles. The number of ether oxygens (including phenoxy) is 2. The van der Waals surface area contributed by atoms with Crippen molar-refractivity contribution < 1.29 is 29.6 Å². The predicted octanol–water partition coefficient (Wildman–Crippen LogP) is 4.86. The van der Waals surface area contributed by atoms with Crippen LogP contribution >= 0.6 is 0 Å². The van der Waals surface area contributed by atoms with Crippen molar-refractivity contribution in [3.63, 3.8) is 0 Å². The number of aliphatic hydroxyl groups is 3. The van der Waals surface area contributed by atoms with Crippen LogP contribution in [0.25, 0.3) is 0 Å². The Morgan fingerprint density at radius 2 is 1.63 bits per heavy atom. The van der Waals surface area contributed by atoms with Crippen molar-refractivity contribution in [2.45, 2.75) is 143 Å². The Balaban J connectivity index is 1.35. The SMILES string of the molecule is CC(=O)O[C@@H]([C@H]1C[C@@H](C)[C@H]2[C@H](O1)[C@H](O)[C@@]1(C)[C@@H]3CCC4C(C)(C)[C@@H](O)CC[C@@]45CC35CC[C@]21C)C(C)(C)O. The molecule has 0 amide bonds. The second-order valence-corrected chi connectivity index (χ2v) is 16.3. The maximum absolute atomic E-state index is 12.3. The highest BCUT2D eigenvalue weighted by Crippen LogP contribution is 2.89. The second-order valence-electron chi connectivity index (χ2n) is 16.3. The van der Waals surface area contributed by atoms with Gasteiger partial charge in [-0.05, 0) is 111 Å². The third kappa shape index (κ3) is 3.13. The highest BCUT2D eigenvalue weighted by Gasteiger charge is 2.84. The Morgan fingerprint density at radius 3 is 2.26 bits per heavy atom. The number of esters is 1. The monoisotopic (exact) mass is 532 g/mol. The van der Waals surface area contributed by atoms with Crippen LogP contribution < -0.4 is 0 Å². The molecular formula is C32H52O6. The molecule has 38 heavy (non-hydrogen) atoms. The van der Waals surface area contributed by atoms with Gasteiger partial charge in [-0.1, -0.05) is 34.6 Å². The minimum atomic E-state index is -1.24. The van der Waals surface area contributed by atoms with Crippen LogP contribution in [0.4, 0.5) is 0 Å². The average molecular weight is 533 g/mol. The molecule has 6 heteroatoms. The van der Waals surface area contributed by atoms with Crippen molar-refractivity contribution in [2.24, 2.45) is 50.7 Å². The van der Waals surface area contributed by atoms with Gasteiger partial charge >= 0.3 is 5.97 Å². The standard InChI is InChI=1S/C32H52O6/c1-17-15-19(26(28(5,6)36)37-18(2)33)38-24-23(17)29(7)13-14-32-16-31(32)12-11-22(34)27(3,4)20(31)9-10-21(32)30(29,8)25(24)35/h17,19-26,34-36H,9-16H2,1-8H3/t17-,19-,20?,21+,22+,23+,24+,25+,26+,29-,30-,31-,32?/m1/s1. The molecule has 0 aromatic rings. The van der Waals surface area contributed by atoms with Gasteiger partial charge in [0.15, 0.2) is 6.10 Å². The van der Waals surface area contributed by atoms with Crippen molar-refractivity contribution in [1.82, 2.24) is 0 Å². The van der Waals surface area contributed by atoms with Gasteiger partial charge in [0.2, 0.25) is 0 Å². The van der Waals surface area contributed by atoms with Gasteiger partial charge in [0.1, 0.15) is 0 Å². The third-order valence-electron chi connectivity index (χ3n) is 14.1. The summed E-state index contributed by atoms with van der Waals surface area (Å²) < 4.78 is 12.4. The number of aliphatic hydroxyl groups excluding tert-OH is 2. The Bertz CT molecular complexity index is 1000. The normalized spacial score (nSPS) is 55.4. The van der Waals surface area contributed by atoms with Crippen LogP contribution in [0.2, 0.25) is 0 Å². The number of hydrogen-bond donors (Lipinski definition) is 3. The van der Waals surface area contributed by atoms with Crippen LogP contribution in [0, 0.1) is 50.7 Å². The van der Waals surface area contributed by atoms with Gasteiger partial charge in [0, 0.05) is 12.3 Å². The van der Waals surface area contributed by atoms with E-state index in [0.29, 0.717) is 23.7 Å². The van der Waals surface area contributed by atoms with Crippen molar-refractivity contribution in [1.29, 1.82) is 0 Å². The molecule has 0 aromatic carbocycles. The summed E-state index contributed by atoms with van der Waals surface area (Å²) >= 11 is 0. The van der Waals surface area contributed by atoms with Crippen LogP contribution in [0.15, 0.2) is 0 Å². The number of rotatable bonds is 3. The zero-order chi connectivity index (χ0) is 27.8. The molecule has 216 valence electrons. The fourth-order valence-electron chi connectivity index (χ4n) is 12.4. The van der Waals surface area contributed by atoms with E-state index in [9.17, 15) is 20.1 Å². The topological polar surface area (TPSA) is 96.2 Å². The highest BCUT2D eigenvalue weighted by molar-refractivity contribution is 5.66. The Kier molecular flexibility index (Phi) is 5.77. The molecule has 6 fully saturated rings. The molecule has 6 aliphatic rings. The number of carbonyl (C=O) groups excluding carboxylic acids is 1. The lowest BCUT2D eigenvalue weighted by Gasteiger charge is -2.63. The van der Waals surface area contributed by atoms with E-state index in [-0.39, 0.29) is 45.7 Å². The Morgan fingerprint density at radius 1 is 1.00 bits per heavy atom. The van der Waals surface area contributed by atoms with Crippen molar-refractivity contribution >= 4 is 5.97 Å². The summed E-state index contributed by atoms with van der Waals surface area (Å²) in [7, 11) is 0. The Labute approximate surface area is 229 Å². The first-order valence-electron chi connectivity index (χ1n) is 15.4. The van der Waals surface area contributed by atoms with Crippen LogP contribution in [0.1, 0.15) is 107 Å². The zero-order valence-electron chi connectivity index (χ0n) is 24.9. The van der Waals surface area contributed by atoms with E-state index in [4.69, 9.17) is 9.47 Å². The molecule has 2 spiro atoms. The predicted molar refractivity (Wildman–Crippen MR) is 144 cm³/mol. The number of hydrogen-bond acceptors (Lipinski definition) is 6. The van der Waals surface area contributed by atoms with Gasteiger partial charge in [-0.25, -0.2) is 0 Å². The average Bonchev–Trinajstić information content (AvgIpc) is 3.44. The summed E-state index contributed by atoms with van der Waals surface area (Å²) in [5.41, 5.74) is -1.01. The highest BCUT2D eigenvalue weighted by atomic mass is 16.6. The molecule has 13 atom stereocenters. The fourth-order valence-corrected chi connectivity index (χ4v) is 12.4. The van der Waals surface area contributed by atoms with E-state index in [1.54, 1.807) is 13.8 Å². The van der Waals surface area contributed by atoms with Crippen molar-refractivity contribution in [3.8, 4) is 0 Å². The summed E-state index contributed by atoms with van der Waals surface area (Å²) in [6.07, 6.45) is 6.19. The van der Waals surface area contributed by atoms with Gasteiger partial charge in [0.25, 0.3) is 0 Å². The lowest BCUT2D eigenvalue weighted by Crippen LogP contribution is -2.59. The molecule has 5 saturated carbocycles. The quantitative estimate of drug-likeness (QED) is 0.449. The van der Waals surface area contributed by atoms with E-state index in [1.807, 2.05) is 0 Å². The van der Waals surface area contributed by atoms with E-state index in [0.717, 1.165) is 32.1 Å².